The van der Waals surface area contributed by atoms with Crippen LogP contribution in [-0.4, -0.2) is 35.9 Å². The smallest absolute Gasteiger partial charge is 0.261 e. The van der Waals surface area contributed by atoms with Crippen LogP contribution < -0.4 is 10.1 Å². The largest absolute Gasteiger partial charge is 0.484 e. The van der Waals surface area contributed by atoms with Gasteiger partial charge in [0.1, 0.15) is 11.8 Å². The summed E-state index contributed by atoms with van der Waals surface area (Å²) in [5.41, 5.74) is 1.96. The molecule has 0 heterocycles. The van der Waals surface area contributed by atoms with E-state index in [1.54, 1.807) is 25.1 Å². The summed E-state index contributed by atoms with van der Waals surface area (Å²) in [6.07, 6.45) is 0.931. The van der Waals surface area contributed by atoms with Crippen LogP contribution >= 0.6 is 23.2 Å². The highest BCUT2D eigenvalue weighted by Gasteiger charge is 2.26. The first-order valence-corrected chi connectivity index (χ1v) is 10.3. The quantitative estimate of drug-likeness (QED) is 0.629. The highest BCUT2D eigenvalue weighted by Crippen LogP contribution is 2.24. The molecule has 156 valence electrons. The molecule has 2 aromatic carbocycles. The average molecular weight is 437 g/mol. The predicted molar refractivity (Wildman–Crippen MR) is 116 cm³/mol. The first-order valence-electron chi connectivity index (χ1n) is 9.58. The van der Waals surface area contributed by atoms with Gasteiger partial charge in [0.2, 0.25) is 5.91 Å². The minimum absolute atomic E-state index is 0.170. The third-order valence-corrected chi connectivity index (χ3v) is 5.29. The van der Waals surface area contributed by atoms with Crippen LogP contribution in [0.25, 0.3) is 0 Å². The van der Waals surface area contributed by atoms with E-state index in [1.807, 2.05) is 31.2 Å². The summed E-state index contributed by atoms with van der Waals surface area (Å²) in [5.74, 6) is 0.0818. The summed E-state index contributed by atoms with van der Waals surface area (Å²) >= 11 is 12.1. The van der Waals surface area contributed by atoms with Gasteiger partial charge in [-0.3, -0.25) is 9.59 Å². The van der Waals surface area contributed by atoms with Crippen molar-refractivity contribution in [2.45, 2.75) is 39.8 Å². The van der Waals surface area contributed by atoms with Gasteiger partial charge in [-0.2, -0.15) is 0 Å². The molecule has 0 aromatic heterocycles. The molecule has 29 heavy (non-hydrogen) atoms. The summed E-state index contributed by atoms with van der Waals surface area (Å²) in [5, 5.41) is 3.58. The Labute approximate surface area is 181 Å². The molecule has 0 radical (unpaired) electrons. The van der Waals surface area contributed by atoms with Crippen molar-refractivity contribution in [1.82, 2.24) is 10.2 Å². The highest BCUT2D eigenvalue weighted by molar-refractivity contribution is 6.42. The topological polar surface area (TPSA) is 58.6 Å². The van der Waals surface area contributed by atoms with Crippen LogP contribution in [0, 0.1) is 0 Å². The number of nitrogens with one attached hydrogen (secondary N) is 1. The van der Waals surface area contributed by atoms with Gasteiger partial charge in [-0.05, 0) is 55.7 Å². The maximum Gasteiger partial charge on any atom is 0.261 e. The van der Waals surface area contributed by atoms with E-state index in [4.69, 9.17) is 27.9 Å². The number of carbonyl (C=O) groups excluding carboxylic acids is 2. The van der Waals surface area contributed by atoms with E-state index in [0.717, 1.165) is 12.0 Å². The molecule has 7 heteroatoms. The molecule has 0 aliphatic rings. The van der Waals surface area contributed by atoms with Crippen molar-refractivity contribution in [3.8, 4) is 5.75 Å². The lowest BCUT2D eigenvalue weighted by molar-refractivity contribution is -0.142. The maximum atomic E-state index is 12.9. The fourth-order valence-electron chi connectivity index (χ4n) is 2.79. The van der Waals surface area contributed by atoms with Crippen molar-refractivity contribution >= 4 is 35.0 Å². The second-order valence-electron chi connectivity index (χ2n) is 6.63. The summed E-state index contributed by atoms with van der Waals surface area (Å²) in [7, 11) is 0. The van der Waals surface area contributed by atoms with Crippen LogP contribution in [-0.2, 0) is 22.6 Å². The number of hydrogen-bond donors (Lipinski definition) is 1. The summed E-state index contributed by atoms with van der Waals surface area (Å²) in [6.45, 7) is 6.12. The maximum absolute atomic E-state index is 12.9. The van der Waals surface area contributed by atoms with Gasteiger partial charge in [-0.15, -0.1) is 0 Å². The van der Waals surface area contributed by atoms with Gasteiger partial charge in [0.05, 0.1) is 10.0 Å². The molecule has 0 bridgehead atoms. The predicted octanol–water partition coefficient (Wildman–Crippen LogP) is 4.49. The molecule has 1 atom stereocenters. The Morgan fingerprint density at radius 2 is 1.69 bits per heavy atom. The zero-order chi connectivity index (χ0) is 21.4. The van der Waals surface area contributed by atoms with Crippen molar-refractivity contribution in [2.24, 2.45) is 0 Å². The molecule has 0 unspecified atom stereocenters. The summed E-state index contributed by atoms with van der Waals surface area (Å²) in [6, 6.07) is 12.1. The van der Waals surface area contributed by atoms with Crippen molar-refractivity contribution in [2.75, 3.05) is 13.2 Å². The van der Waals surface area contributed by atoms with Gasteiger partial charge in [-0.25, -0.2) is 0 Å². The van der Waals surface area contributed by atoms with Gasteiger partial charge >= 0.3 is 0 Å². The first kappa shape index (κ1) is 23.0. The third kappa shape index (κ3) is 6.65. The molecule has 0 saturated carbocycles. The molecule has 1 N–H and O–H groups in total. The molecule has 2 aromatic rings. The van der Waals surface area contributed by atoms with E-state index >= 15 is 0 Å². The fourth-order valence-corrected chi connectivity index (χ4v) is 3.11. The van der Waals surface area contributed by atoms with E-state index in [9.17, 15) is 9.59 Å². The number of rotatable bonds is 9. The van der Waals surface area contributed by atoms with Crippen LogP contribution in [0.15, 0.2) is 42.5 Å². The average Bonchev–Trinajstić information content (AvgIpc) is 2.72. The van der Waals surface area contributed by atoms with E-state index in [-0.39, 0.29) is 25.0 Å². The molecular formula is C22H26Cl2N2O3. The van der Waals surface area contributed by atoms with Gasteiger partial charge in [-0.1, -0.05) is 48.3 Å². The van der Waals surface area contributed by atoms with E-state index in [1.165, 1.54) is 10.5 Å². The minimum Gasteiger partial charge on any atom is -0.484 e. The molecule has 2 rings (SSSR count). The number of aryl methyl sites for hydroxylation is 1. The van der Waals surface area contributed by atoms with Crippen molar-refractivity contribution in [1.29, 1.82) is 0 Å². The van der Waals surface area contributed by atoms with Crippen LogP contribution in [0.1, 0.15) is 31.9 Å². The summed E-state index contributed by atoms with van der Waals surface area (Å²) < 4.78 is 5.65. The number of likely N-dealkylation sites (N-methyl/N-ethyl adjacent to an activating group) is 1. The Morgan fingerprint density at radius 1 is 1.03 bits per heavy atom. The van der Waals surface area contributed by atoms with E-state index in [2.05, 4.69) is 12.2 Å². The van der Waals surface area contributed by atoms with Gasteiger partial charge in [0.15, 0.2) is 6.61 Å². The lowest BCUT2D eigenvalue weighted by Crippen LogP contribution is -2.49. The molecule has 5 nitrogen and oxygen atoms in total. The lowest BCUT2D eigenvalue weighted by atomic mass is 10.1. The van der Waals surface area contributed by atoms with Crippen LogP contribution in [0.5, 0.6) is 5.75 Å². The van der Waals surface area contributed by atoms with E-state index in [0.29, 0.717) is 22.3 Å². The Balaban J connectivity index is 2.14. The fraction of sp³-hybridized carbons (Fsp3) is 0.364. The number of benzene rings is 2. The van der Waals surface area contributed by atoms with Crippen LogP contribution in [0.3, 0.4) is 0 Å². The van der Waals surface area contributed by atoms with Gasteiger partial charge < -0.3 is 15.0 Å². The Kier molecular flexibility index (Phi) is 8.80. The Bertz CT molecular complexity index is 840. The number of halogens is 2. The zero-order valence-corrected chi connectivity index (χ0v) is 18.4. The second kappa shape index (κ2) is 11.1. The van der Waals surface area contributed by atoms with Crippen LogP contribution in [0.4, 0.5) is 0 Å². The Hall–Kier alpha value is -2.24. The molecule has 0 saturated heterocycles. The standard InChI is InChI=1S/C22H26Cl2N2O3/c1-4-16-6-9-18(10-7-16)29-14-21(27)26(15(3)22(28)25-5-2)13-17-8-11-19(23)20(24)12-17/h6-12,15H,4-5,13-14H2,1-3H3,(H,25,28)/t15-/m1/s1. The summed E-state index contributed by atoms with van der Waals surface area (Å²) in [4.78, 5) is 26.7. The van der Waals surface area contributed by atoms with Gasteiger partial charge in [0, 0.05) is 13.1 Å². The SMILES string of the molecule is CCNC(=O)[C@@H](C)N(Cc1ccc(Cl)c(Cl)c1)C(=O)COc1ccc(CC)cc1. The molecule has 2 amide bonds. The highest BCUT2D eigenvalue weighted by atomic mass is 35.5. The molecule has 0 fully saturated rings. The third-order valence-electron chi connectivity index (χ3n) is 4.55. The molecule has 0 aliphatic heterocycles. The number of nitrogens with zero attached hydrogens (tertiary/aromatic N) is 1. The van der Waals surface area contributed by atoms with E-state index < -0.39 is 6.04 Å². The number of hydrogen-bond acceptors (Lipinski definition) is 3. The second-order valence-corrected chi connectivity index (χ2v) is 7.44. The molecule has 0 spiro atoms. The van der Waals surface area contributed by atoms with Crippen molar-refractivity contribution in [3.05, 3.63) is 63.6 Å². The number of carbonyl (C=O) groups is 2. The van der Waals surface area contributed by atoms with Crippen LogP contribution in [0.2, 0.25) is 10.0 Å². The normalized spacial score (nSPS) is 11.6. The molecule has 0 aliphatic carbocycles. The Morgan fingerprint density at radius 3 is 2.28 bits per heavy atom. The number of ether oxygens (including phenoxy) is 1. The monoisotopic (exact) mass is 436 g/mol. The minimum atomic E-state index is -0.664. The van der Waals surface area contributed by atoms with Gasteiger partial charge in [0.25, 0.3) is 5.91 Å². The first-order chi connectivity index (χ1) is 13.8. The van der Waals surface area contributed by atoms with Crippen molar-refractivity contribution in [3.63, 3.8) is 0 Å². The molecular weight excluding hydrogens is 411 g/mol. The van der Waals surface area contributed by atoms with Crippen molar-refractivity contribution < 1.29 is 14.3 Å². The lowest BCUT2D eigenvalue weighted by Gasteiger charge is -2.28. The zero-order valence-electron chi connectivity index (χ0n) is 16.9. The number of amides is 2.